The Morgan fingerprint density at radius 2 is 1.86 bits per heavy atom. The molecule has 1 amide bonds. The van der Waals surface area contributed by atoms with Gasteiger partial charge in [0, 0.05) is 17.0 Å². The van der Waals surface area contributed by atoms with Gasteiger partial charge >= 0.3 is 5.97 Å². The van der Waals surface area contributed by atoms with Gasteiger partial charge in [0.25, 0.3) is 0 Å². The average molecular weight is 305 g/mol. The van der Waals surface area contributed by atoms with Gasteiger partial charge in [0.05, 0.1) is 0 Å². The minimum absolute atomic E-state index is 0.0695. The molecular formula is C15H15NO4S. The van der Waals surface area contributed by atoms with Crippen LogP contribution in [0.3, 0.4) is 0 Å². The highest BCUT2D eigenvalue weighted by atomic mass is 32.1. The number of rotatable bonds is 6. The van der Waals surface area contributed by atoms with Gasteiger partial charge in [0.2, 0.25) is 5.91 Å². The number of aryl methyl sites for hydroxylation is 1. The first-order valence-electron chi connectivity index (χ1n) is 6.40. The van der Waals surface area contributed by atoms with Crippen molar-refractivity contribution >= 4 is 28.9 Å². The van der Waals surface area contributed by atoms with Crippen LogP contribution in [-0.4, -0.2) is 28.6 Å². The van der Waals surface area contributed by atoms with E-state index < -0.39 is 12.5 Å². The summed E-state index contributed by atoms with van der Waals surface area (Å²) in [7, 11) is 0. The maximum atomic E-state index is 12.3. The van der Waals surface area contributed by atoms with Gasteiger partial charge in [0.15, 0.2) is 0 Å². The Balaban J connectivity index is 2.09. The number of hydrogen-bond donors (Lipinski definition) is 2. The van der Waals surface area contributed by atoms with Crippen molar-refractivity contribution in [1.82, 2.24) is 0 Å². The third kappa shape index (κ3) is 4.32. The molecule has 110 valence electrons. The number of hydrogen-bond acceptors (Lipinski definition) is 4. The van der Waals surface area contributed by atoms with E-state index in [1.165, 1.54) is 29.2 Å². The second-order valence-electron chi connectivity index (χ2n) is 4.47. The standard InChI is InChI=1S/C15H15NO4S/c17-12-5-3-11(4-6-12)16(10-15(19)20)14(18)8-7-13-2-1-9-21-13/h1-6,9,17H,7-8,10H2,(H,19,20). The number of carboxylic acid groups (broad SMARTS) is 1. The molecule has 0 spiro atoms. The number of phenols is 1. The lowest BCUT2D eigenvalue weighted by Gasteiger charge is -2.20. The van der Waals surface area contributed by atoms with Gasteiger partial charge in [-0.2, -0.15) is 0 Å². The number of anilines is 1. The lowest BCUT2D eigenvalue weighted by Crippen LogP contribution is -2.35. The third-order valence-electron chi connectivity index (χ3n) is 2.92. The van der Waals surface area contributed by atoms with Gasteiger partial charge in [-0.1, -0.05) is 6.07 Å². The fourth-order valence-electron chi connectivity index (χ4n) is 1.91. The highest BCUT2D eigenvalue weighted by molar-refractivity contribution is 7.09. The molecule has 1 heterocycles. The Hall–Kier alpha value is -2.34. The van der Waals surface area contributed by atoms with Crippen molar-refractivity contribution in [1.29, 1.82) is 0 Å². The maximum Gasteiger partial charge on any atom is 0.323 e. The smallest absolute Gasteiger partial charge is 0.323 e. The summed E-state index contributed by atoms with van der Waals surface area (Å²) in [4.78, 5) is 25.5. The summed E-state index contributed by atoms with van der Waals surface area (Å²) in [6.07, 6.45) is 0.833. The average Bonchev–Trinajstić information content (AvgIpc) is 2.96. The first kappa shape index (κ1) is 15.1. The van der Waals surface area contributed by atoms with Crippen molar-refractivity contribution in [3.8, 4) is 5.75 Å². The van der Waals surface area contributed by atoms with E-state index in [4.69, 9.17) is 5.11 Å². The predicted molar refractivity (Wildman–Crippen MR) is 80.7 cm³/mol. The quantitative estimate of drug-likeness (QED) is 0.859. The molecule has 6 heteroatoms. The predicted octanol–water partition coefficient (Wildman–Crippen LogP) is 2.50. The van der Waals surface area contributed by atoms with Crippen molar-refractivity contribution in [2.75, 3.05) is 11.4 Å². The molecule has 1 aromatic carbocycles. The number of amides is 1. The zero-order chi connectivity index (χ0) is 15.2. The van der Waals surface area contributed by atoms with Crippen LogP contribution in [0, 0.1) is 0 Å². The van der Waals surface area contributed by atoms with E-state index in [9.17, 15) is 14.7 Å². The Morgan fingerprint density at radius 1 is 1.14 bits per heavy atom. The number of thiophene rings is 1. The van der Waals surface area contributed by atoms with E-state index in [1.807, 2.05) is 17.5 Å². The molecule has 0 fully saturated rings. The fourth-order valence-corrected chi connectivity index (χ4v) is 2.62. The lowest BCUT2D eigenvalue weighted by atomic mass is 10.2. The number of nitrogens with zero attached hydrogens (tertiary/aromatic N) is 1. The first-order chi connectivity index (χ1) is 10.1. The zero-order valence-electron chi connectivity index (χ0n) is 11.2. The summed E-state index contributed by atoms with van der Waals surface area (Å²) >= 11 is 1.57. The van der Waals surface area contributed by atoms with Crippen LogP contribution >= 0.6 is 11.3 Å². The van der Waals surface area contributed by atoms with Crippen molar-refractivity contribution < 1.29 is 19.8 Å². The summed E-state index contributed by atoms with van der Waals surface area (Å²) in [6, 6.07) is 9.77. The number of carboxylic acids is 1. The molecule has 0 unspecified atom stereocenters. The molecule has 5 nitrogen and oxygen atoms in total. The summed E-state index contributed by atoms with van der Waals surface area (Å²) in [5, 5.41) is 20.2. The highest BCUT2D eigenvalue weighted by Gasteiger charge is 2.18. The van der Waals surface area contributed by atoms with Gasteiger partial charge in [-0.3, -0.25) is 9.59 Å². The van der Waals surface area contributed by atoms with E-state index in [1.54, 1.807) is 11.3 Å². The number of aromatic hydroxyl groups is 1. The summed E-state index contributed by atoms with van der Waals surface area (Å²) in [5.74, 6) is -1.26. The molecule has 0 saturated carbocycles. The van der Waals surface area contributed by atoms with Crippen molar-refractivity contribution in [2.24, 2.45) is 0 Å². The summed E-state index contributed by atoms with van der Waals surface area (Å²) in [6.45, 7) is -0.395. The minimum atomic E-state index is -1.08. The Morgan fingerprint density at radius 3 is 2.43 bits per heavy atom. The largest absolute Gasteiger partial charge is 0.508 e. The number of aliphatic carboxylic acids is 1. The number of carbonyl (C=O) groups excluding carboxylic acids is 1. The molecule has 0 bridgehead atoms. The molecule has 2 N–H and O–H groups in total. The monoisotopic (exact) mass is 305 g/mol. The normalized spacial score (nSPS) is 10.3. The van der Waals surface area contributed by atoms with Crippen LogP contribution in [0.2, 0.25) is 0 Å². The van der Waals surface area contributed by atoms with E-state index in [2.05, 4.69) is 0 Å². The number of carbonyl (C=O) groups is 2. The molecule has 2 aromatic rings. The van der Waals surface area contributed by atoms with Gasteiger partial charge in [0.1, 0.15) is 12.3 Å². The lowest BCUT2D eigenvalue weighted by molar-refractivity contribution is -0.136. The topological polar surface area (TPSA) is 77.8 Å². The Kier molecular flexibility index (Phi) is 4.94. The van der Waals surface area contributed by atoms with E-state index in [0.29, 0.717) is 12.1 Å². The van der Waals surface area contributed by atoms with Crippen LogP contribution in [0.1, 0.15) is 11.3 Å². The number of benzene rings is 1. The van der Waals surface area contributed by atoms with E-state index >= 15 is 0 Å². The molecular weight excluding hydrogens is 290 g/mol. The van der Waals surface area contributed by atoms with Gasteiger partial charge in [-0.05, 0) is 42.1 Å². The highest BCUT2D eigenvalue weighted by Crippen LogP contribution is 2.20. The summed E-state index contributed by atoms with van der Waals surface area (Å²) in [5.41, 5.74) is 0.464. The van der Waals surface area contributed by atoms with E-state index in [0.717, 1.165) is 4.88 Å². The van der Waals surface area contributed by atoms with Crippen LogP contribution in [0.25, 0.3) is 0 Å². The second kappa shape index (κ2) is 6.90. The number of phenolic OH excluding ortho intramolecular Hbond substituents is 1. The molecule has 1 aromatic heterocycles. The second-order valence-corrected chi connectivity index (χ2v) is 5.50. The molecule has 0 atom stereocenters. The zero-order valence-corrected chi connectivity index (χ0v) is 12.0. The Bertz CT molecular complexity index is 607. The van der Waals surface area contributed by atoms with Gasteiger partial charge in [-0.15, -0.1) is 11.3 Å². The molecule has 0 aliphatic rings. The maximum absolute atomic E-state index is 12.3. The molecule has 21 heavy (non-hydrogen) atoms. The first-order valence-corrected chi connectivity index (χ1v) is 7.28. The van der Waals surface area contributed by atoms with Crippen LogP contribution in [-0.2, 0) is 16.0 Å². The molecule has 0 aliphatic heterocycles. The van der Waals surface area contributed by atoms with Crippen LogP contribution in [0.5, 0.6) is 5.75 Å². The molecule has 0 saturated heterocycles. The molecule has 0 aliphatic carbocycles. The van der Waals surface area contributed by atoms with Gasteiger partial charge < -0.3 is 15.1 Å². The van der Waals surface area contributed by atoms with Crippen LogP contribution in [0.15, 0.2) is 41.8 Å². The fraction of sp³-hybridized carbons (Fsp3) is 0.200. The van der Waals surface area contributed by atoms with Crippen molar-refractivity contribution in [3.05, 3.63) is 46.7 Å². The SMILES string of the molecule is O=C(O)CN(C(=O)CCc1cccs1)c1ccc(O)cc1. The summed E-state index contributed by atoms with van der Waals surface area (Å²) < 4.78 is 0. The van der Waals surface area contributed by atoms with Gasteiger partial charge in [-0.25, -0.2) is 0 Å². The van der Waals surface area contributed by atoms with Crippen LogP contribution in [0.4, 0.5) is 5.69 Å². The van der Waals surface area contributed by atoms with Crippen LogP contribution < -0.4 is 4.90 Å². The van der Waals surface area contributed by atoms with Crippen molar-refractivity contribution in [2.45, 2.75) is 12.8 Å². The molecule has 0 radical (unpaired) electrons. The molecule has 2 rings (SSSR count). The Labute approximate surface area is 126 Å². The van der Waals surface area contributed by atoms with E-state index in [-0.39, 0.29) is 18.1 Å². The third-order valence-corrected chi connectivity index (χ3v) is 3.86. The van der Waals surface area contributed by atoms with Crippen molar-refractivity contribution in [3.63, 3.8) is 0 Å². The minimum Gasteiger partial charge on any atom is -0.508 e.